The van der Waals surface area contributed by atoms with E-state index in [9.17, 15) is 13.6 Å². The van der Waals surface area contributed by atoms with Crippen molar-refractivity contribution in [2.24, 2.45) is 0 Å². The fourth-order valence-corrected chi connectivity index (χ4v) is 1.34. The molecule has 0 spiro atoms. The molecule has 17 heavy (non-hydrogen) atoms. The van der Waals surface area contributed by atoms with Gasteiger partial charge in [0, 0.05) is 12.4 Å². The van der Waals surface area contributed by atoms with Crippen LogP contribution in [0.4, 0.5) is 8.78 Å². The number of nitrogens with zero attached hydrogens (tertiary/aromatic N) is 1. The van der Waals surface area contributed by atoms with Gasteiger partial charge in [0.05, 0.1) is 11.6 Å². The zero-order chi connectivity index (χ0) is 12.8. The van der Waals surface area contributed by atoms with Gasteiger partial charge in [0.15, 0.2) is 5.62 Å². The number of alkyl halides is 3. The van der Waals surface area contributed by atoms with Crippen LogP contribution in [0.1, 0.15) is 17.3 Å². The highest BCUT2D eigenvalue weighted by molar-refractivity contribution is 6.21. The largest absolute Gasteiger partial charge is 0.324 e. The fourth-order valence-electron chi connectivity index (χ4n) is 1.04. The minimum Gasteiger partial charge on any atom is -0.324 e. The molecule has 1 heterocycles. The third-order valence-corrected chi connectivity index (χ3v) is 2.20. The van der Waals surface area contributed by atoms with E-state index in [0.717, 1.165) is 0 Å². The number of aromatic nitrogens is 1. The standard InChI is InChI=1S/C10H12ClF2N3O/c1-6(8(12)13)15-10(11)16-9(17)7-3-2-4-14-5-7/h2-6,8,10,15H,1H3,(H,16,17)/t6-,10-/m1/s1. The van der Waals surface area contributed by atoms with Crippen molar-refractivity contribution < 1.29 is 13.6 Å². The monoisotopic (exact) mass is 263 g/mol. The molecule has 0 unspecified atom stereocenters. The SMILES string of the molecule is C[C@@H](N[C@@H](Cl)NC(=O)c1cccnc1)C(F)F. The summed E-state index contributed by atoms with van der Waals surface area (Å²) in [5.74, 6) is -0.480. The van der Waals surface area contributed by atoms with E-state index >= 15 is 0 Å². The van der Waals surface area contributed by atoms with Gasteiger partial charge in [0.1, 0.15) is 0 Å². The van der Waals surface area contributed by atoms with Gasteiger partial charge in [-0.1, -0.05) is 11.6 Å². The Bertz CT molecular complexity index is 364. The molecule has 4 nitrogen and oxygen atoms in total. The quantitative estimate of drug-likeness (QED) is 0.482. The first kappa shape index (κ1) is 13.8. The van der Waals surface area contributed by atoms with Crippen molar-refractivity contribution in [1.82, 2.24) is 15.6 Å². The van der Waals surface area contributed by atoms with Gasteiger partial charge in [0.2, 0.25) is 0 Å². The molecule has 0 saturated heterocycles. The molecule has 0 aliphatic rings. The van der Waals surface area contributed by atoms with E-state index in [4.69, 9.17) is 11.6 Å². The van der Waals surface area contributed by atoms with Crippen LogP contribution in [0, 0.1) is 0 Å². The summed E-state index contributed by atoms with van der Waals surface area (Å²) in [5, 5.41) is 4.67. The minimum atomic E-state index is -2.55. The van der Waals surface area contributed by atoms with Gasteiger partial charge < -0.3 is 5.32 Å². The first-order chi connectivity index (χ1) is 8.00. The average Bonchev–Trinajstić information content (AvgIpc) is 2.29. The summed E-state index contributed by atoms with van der Waals surface area (Å²) in [6, 6.07) is 2.03. The van der Waals surface area contributed by atoms with Crippen LogP contribution in [-0.2, 0) is 0 Å². The van der Waals surface area contributed by atoms with Gasteiger partial charge in [0.25, 0.3) is 12.3 Å². The van der Waals surface area contributed by atoms with Crippen molar-refractivity contribution in [2.45, 2.75) is 25.0 Å². The van der Waals surface area contributed by atoms with Crippen LogP contribution in [0.3, 0.4) is 0 Å². The molecule has 1 rings (SSSR count). The molecule has 0 aliphatic heterocycles. The van der Waals surface area contributed by atoms with Crippen LogP contribution in [0.15, 0.2) is 24.5 Å². The molecule has 1 aromatic rings. The highest BCUT2D eigenvalue weighted by atomic mass is 35.5. The van der Waals surface area contributed by atoms with E-state index in [1.807, 2.05) is 0 Å². The summed E-state index contributed by atoms with van der Waals surface area (Å²) in [4.78, 5) is 15.3. The maximum Gasteiger partial charge on any atom is 0.254 e. The Morgan fingerprint density at radius 1 is 1.53 bits per heavy atom. The molecule has 7 heteroatoms. The Kier molecular flexibility index (Phi) is 5.24. The molecular formula is C10H12ClF2N3O. The molecule has 0 aromatic carbocycles. The molecule has 1 aromatic heterocycles. The van der Waals surface area contributed by atoms with Crippen molar-refractivity contribution in [1.29, 1.82) is 0 Å². The van der Waals surface area contributed by atoms with Crippen LogP contribution in [0.25, 0.3) is 0 Å². The number of carbonyl (C=O) groups excluding carboxylic acids is 1. The maximum absolute atomic E-state index is 12.2. The van der Waals surface area contributed by atoms with E-state index < -0.39 is 24.0 Å². The molecule has 0 fully saturated rings. The van der Waals surface area contributed by atoms with E-state index in [1.54, 1.807) is 12.1 Å². The molecule has 94 valence electrons. The molecule has 2 N–H and O–H groups in total. The van der Waals surface area contributed by atoms with Gasteiger partial charge >= 0.3 is 0 Å². The first-order valence-electron chi connectivity index (χ1n) is 4.90. The van der Waals surface area contributed by atoms with Gasteiger partial charge in [-0.2, -0.15) is 0 Å². The number of hydrogen-bond donors (Lipinski definition) is 2. The van der Waals surface area contributed by atoms with E-state index in [1.165, 1.54) is 19.3 Å². The number of pyridine rings is 1. The van der Waals surface area contributed by atoms with Gasteiger partial charge in [-0.05, 0) is 19.1 Å². The van der Waals surface area contributed by atoms with Gasteiger partial charge in [-0.25, -0.2) is 8.78 Å². The molecule has 0 aliphatic carbocycles. The number of nitrogens with one attached hydrogen (secondary N) is 2. The second kappa shape index (κ2) is 6.46. The molecule has 0 bridgehead atoms. The summed E-state index contributed by atoms with van der Waals surface area (Å²) < 4.78 is 24.4. The zero-order valence-corrected chi connectivity index (χ0v) is 9.79. The number of hydrogen-bond acceptors (Lipinski definition) is 3. The Hall–Kier alpha value is -1.27. The summed E-state index contributed by atoms with van der Waals surface area (Å²) >= 11 is 5.67. The average molecular weight is 264 g/mol. The summed E-state index contributed by atoms with van der Waals surface area (Å²) in [6.45, 7) is 1.27. The first-order valence-corrected chi connectivity index (χ1v) is 5.33. The highest BCUT2D eigenvalue weighted by Gasteiger charge is 2.19. The normalized spacial score (nSPS) is 14.4. The number of rotatable bonds is 5. The lowest BCUT2D eigenvalue weighted by molar-refractivity contribution is 0.0888. The third kappa shape index (κ3) is 4.62. The number of halogens is 3. The third-order valence-electron chi connectivity index (χ3n) is 1.97. The molecule has 1 amide bonds. The molecule has 0 radical (unpaired) electrons. The Labute approximate surface area is 102 Å². The van der Waals surface area contributed by atoms with Crippen LogP contribution in [0.2, 0.25) is 0 Å². The Morgan fingerprint density at radius 2 is 2.24 bits per heavy atom. The molecule has 2 atom stereocenters. The van der Waals surface area contributed by atoms with E-state index in [2.05, 4.69) is 15.6 Å². The minimum absolute atomic E-state index is 0.310. The van der Waals surface area contributed by atoms with Crippen molar-refractivity contribution >= 4 is 17.5 Å². The lowest BCUT2D eigenvalue weighted by atomic mass is 10.3. The summed E-state index contributed by atoms with van der Waals surface area (Å²) in [5.41, 5.74) is -0.753. The number of carbonyl (C=O) groups is 1. The smallest absolute Gasteiger partial charge is 0.254 e. The van der Waals surface area contributed by atoms with Crippen molar-refractivity contribution in [3.05, 3.63) is 30.1 Å². The van der Waals surface area contributed by atoms with E-state index in [0.29, 0.717) is 5.56 Å². The predicted molar refractivity (Wildman–Crippen MR) is 59.9 cm³/mol. The summed E-state index contributed by atoms with van der Waals surface area (Å²) in [7, 11) is 0. The predicted octanol–water partition coefficient (Wildman–Crippen LogP) is 1.58. The van der Waals surface area contributed by atoms with Gasteiger partial charge in [-0.15, -0.1) is 0 Å². The fraction of sp³-hybridized carbons (Fsp3) is 0.400. The van der Waals surface area contributed by atoms with Crippen LogP contribution in [0.5, 0.6) is 0 Å². The van der Waals surface area contributed by atoms with E-state index in [-0.39, 0.29) is 0 Å². The zero-order valence-electron chi connectivity index (χ0n) is 9.03. The topological polar surface area (TPSA) is 54.0 Å². The lowest BCUT2D eigenvalue weighted by Gasteiger charge is -2.18. The van der Waals surface area contributed by atoms with Crippen LogP contribution in [-0.4, -0.2) is 29.0 Å². The van der Waals surface area contributed by atoms with Gasteiger partial charge in [-0.3, -0.25) is 15.1 Å². The lowest BCUT2D eigenvalue weighted by Crippen LogP contribution is -2.47. The Morgan fingerprint density at radius 3 is 2.76 bits per heavy atom. The number of amides is 1. The van der Waals surface area contributed by atoms with Crippen molar-refractivity contribution in [2.75, 3.05) is 0 Å². The van der Waals surface area contributed by atoms with Crippen LogP contribution < -0.4 is 10.6 Å². The molecular weight excluding hydrogens is 252 g/mol. The second-order valence-corrected chi connectivity index (χ2v) is 3.80. The maximum atomic E-state index is 12.2. The highest BCUT2D eigenvalue weighted by Crippen LogP contribution is 2.02. The second-order valence-electron chi connectivity index (χ2n) is 3.37. The summed E-state index contributed by atoms with van der Waals surface area (Å²) in [6.07, 6.45) is 0.327. The van der Waals surface area contributed by atoms with Crippen LogP contribution >= 0.6 is 11.6 Å². The molecule has 0 saturated carbocycles. The van der Waals surface area contributed by atoms with Crippen molar-refractivity contribution in [3.63, 3.8) is 0 Å². The van der Waals surface area contributed by atoms with Crippen molar-refractivity contribution in [3.8, 4) is 0 Å². The Balaban J connectivity index is 2.47.